The summed E-state index contributed by atoms with van der Waals surface area (Å²) in [6.45, 7) is 7.52. The SMILES string of the molecule is CC(C)(C)C1=CC2C(CC1)C1CC3C(Cc4ccccc4)C4C5CCCC6C7C=C(CC8=CCCC=C8)CCC7CC(C65)C4C(Cc4ccccc4)C3C3CCCC2C13. The van der Waals surface area contributed by atoms with Crippen molar-refractivity contribution in [1.82, 2.24) is 0 Å². The van der Waals surface area contributed by atoms with Crippen LogP contribution in [0.3, 0.4) is 0 Å². The topological polar surface area (TPSA) is 0 Å². The Bertz CT molecular complexity index is 1970. The molecule has 2 aromatic rings. The molecule has 0 aliphatic heterocycles. The van der Waals surface area contributed by atoms with Crippen LogP contribution in [0.4, 0.5) is 0 Å². The highest BCUT2D eigenvalue weighted by molar-refractivity contribution is 5.31. The molecule has 312 valence electrons. The molecule has 7 saturated carbocycles. The predicted molar refractivity (Wildman–Crippen MR) is 245 cm³/mol. The van der Waals surface area contributed by atoms with Crippen molar-refractivity contribution in [2.24, 2.45) is 112 Å². The molecular weight excluding hydrogens is 709 g/mol. The van der Waals surface area contributed by atoms with Crippen LogP contribution in [-0.2, 0) is 12.8 Å². The maximum atomic E-state index is 2.95. The fourth-order valence-corrected chi connectivity index (χ4v) is 19.3. The second kappa shape index (κ2) is 15.0. The number of rotatable bonds is 6. The molecule has 59 heavy (non-hydrogen) atoms. The molecule has 12 rings (SSSR count). The third-order valence-corrected chi connectivity index (χ3v) is 20.8. The van der Waals surface area contributed by atoms with Gasteiger partial charge in [-0.05, 0) is 225 Å². The van der Waals surface area contributed by atoms with E-state index in [1.54, 1.807) is 47.1 Å². The van der Waals surface area contributed by atoms with Gasteiger partial charge in [0.1, 0.15) is 0 Å². The summed E-state index contributed by atoms with van der Waals surface area (Å²) in [6.07, 6.45) is 37.7. The van der Waals surface area contributed by atoms with E-state index in [1.165, 1.54) is 89.9 Å². The fraction of sp³-hybridized carbons (Fsp3) is 0.661. The van der Waals surface area contributed by atoms with E-state index in [1.807, 2.05) is 0 Å². The van der Waals surface area contributed by atoms with Crippen LogP contribution < -0.4 is 0 Å². The van der Waals surface area contributed by atoms with Gasteiger partial charge >= 0.3 is 0 Å². The molecule has 0 spiro atoms. The number of allylic oxidation sites excluding steroid dienone is 8. The van der Waals surface area contributed by atoms with E-state index in [9.17, 15) is 0 Å². The average molecular weight is 785 g/mol. The molecule has 0 amide bonds. The van der Waals surface area contributed by atoms with Crippen molar-refractivity contribution in [3.63, 3.8) is 0 Å². The summed E-state index contributed by atoms with van der Waals surface area (Å²) in [4.78, 5) is 0. The Morgan fingerprint density at radius 3 is 1.90 bits per heavy atom. The van der Waals surface area contributed by atoms with Gasteiger partial charge in [0.2, 0.25) is 0 Å². The first-order chi connectivity index (χ1) is 28.9. The van der Waals surface area contributed by atoms with Gasteiger partial charge in [-0.1, -0.05) is 136 Å². The van der Waals surface area contributed by atoms with Crippen LogP contribution >= 0.6 is 0 Å². The van der Waals surface area contributed by atoms with Crippen molar-refractivity contribution in [3.8, 4) is 0 Å². The molecular formula is C59H76. The minimum absolute atomic E-state index is 0.327. The van der Waals surface area contributed by atoms with E-state index in [0.29, 0.717) is 5.41 Å². The maximum Gasteiger partial charge on any atom is -0.00703 e. The van der Waals surface area contributed by atoms with E-state index in [2.05, 4.69) is 112 Å². The van der Waals surface area contributed by atoms with E-state index >= 15 is 0 Å². The summed E-state index contributed by atoms with van der Waals surface area (Å²) in [7, 11) is 0. The van der Waals surface area contributed by atoms with Gasteiger partial charge in [-0.25, -0.2) is 0 Å². The molecule has 0 radical (unpaired) electrons. The summed E-state index contributed by atoms with van der Waals surface area (Å²) in [5.41, 5.74) is 8.87. The van der Waals surface area contributed by atoms with Gasteiger partial charge in [0.15, 0.2) is 0 Å². The Hall–Kier alpha value is -2.60. The molecule has 0 heteroatoms. The number of hydrogen-bond acceptors (Lipinski definition) is 0. The molecule has 7 fully saturated rings. The Balaban J connectivity index is 0.965. The lowest BCUT2D eigenvalue weighted by Gasteiger charge is -2.61. The van der Waals surface area contributed by atoms with Crippen LogP contribution in [0.5, 0.6) is 0 Å². The molecule has 0 bridgehead atoms. The molecule has 2 aromatic carbocycles. The normalized spacial score (nSPS) is 45.4. The second-order valence-electron chi connectivity index (χ2n) is 23.9. The Morgan fingerprint density at radius 1 is 0.525 bits per heavy atom. The summed E-state index contributed by atoms with van der Waals surface area (Å²) >= 11 is 0. The van der Waals surface area contributed by atoms with Crippen molar-refractivity contribution in [3.05, 3.63) is 119 Å². The van der Waals surface area contributed by atoms with Crippen LogP contribution in [0.25, 0.3) is 0 Å². The average Bonchev–Trinajstić information content (AvgIpc) is 3.76. The first-order valence-electron chi connectivity index (χ1n) is 25.7. The predicted octanol–water partition coefficient (Wildman–Crippen LogP) is 14.9. The molecule has 10 aliphatic rings. The van der Waals surface area contributed by atoms with Crippen LogP contribution in [0.2, 0.25) is 0 Å². The summed E-state index contributed by atoms with van der Waals surface area (Å²) < 4.78 is 0. The molecule has 18 atom stereocenters. The quantitative estimate of drug-likeness (QED) is 0.256. The third kappa shape index (κ3) is 6.38. The van der Waals surface area contributed by atoms with Crippen LogP contribution in [-0.4, -0.2) is 0 Å². The van der Waals surface area contributed by atoms with Crippen LogP contribution in [0.1, 0.15) is 128 Å². The zero-order valence-electron chi connectivity index (χ0n) is 37.1. The number of hydrogen-bond donors (Lipinski definition) is 0. The van der Waals surface area contributed by atoms with Crippen molar-refractivity contribution in [2.45, 2.75) is 130 Å². The van der Waals surface area contributed by atoms with Crippen LogP contribution in [0, 0.1) is 112 Å². The molecule has 0 aromatic heterocycles. The van der Waals surface area contributed by atoms with E-state index < -0.39 is 0 Å². The third-order valence-electron chi connectivity index (χ3n) is 20.8. The minimum atomic E-state index is 0.327. The van der Waals surface area contributed by atoms with Gasteiger partial charge in [0, 0.05) is 0 Å². The van der Waals surface area contributed by atoms with Gasteiger partial charge in [-0.15, -0.1) is 0 Å². The first-order valence-corrected chi connectivity index (χ1v) is 25.7. The molecule has 10 aliphatic carbocycles. The highest BCUT2D eigenvalue weighted by Crippen LogP contribution is 2.75. The Labute approximate surface area is 359 Å². The van der Waals surface area contributed by atoms with Crippen molar-refractivity contribution < 1.29 is 0 Å². The molecule has 0 N–H and O–H groups in total. The summed E-state index contributed by atoms with van der Waals surface area (Å²) in [5, 5.41) is 0. The zero-order valence-corrected chi connectivity index (χ0v) is 37.1. The zero-order chi connectivity index (χ0) is 39.4. The largest absolute Gasteiger partial charge is 0.0840 e. The maximum absolute atomic E-state index is 2.95. The lowest BCUT2D eigenvalue weighted by molar-refractivity contribution is -0.128. The van der Waals surface area contributed by atoms with Crippen molar-refractivity contribution >= 4 is 0 Å². The monoisotopic (exact) mass is 785 g/mol. The highest BCUT2D eigenvalue weighted by atomic mass is 14.7. The number of benzene rings is 2. The highest BCUT2D eigenvalue weighted by Gasteiger charge is 2.69. The molecule has 0 nitrogen and oxygen atoms in total. The molecule has 0 heterocycles. The minimum Gasteiger partial charge on any atom is -0.0840 e. The Morgan fingerprint density at radius 2 is 1.19 bits per heavy atom. The van der Waals surface area contributed by atoms with E-state index in [0.717, 1.165) is 107 Å². The van der Waals surface area contributed by atoms with Gasteiger partial charge in [-0.3, -0.25) is 0 Å². The smallest absolute Gasteiger partial charge is 0.00703 e. The Kier molecular flexibility index (Phi) is 9.71. The molecule has 18 unspecified atom stereocenters. The van der Waals surface area contributed by atoms with E-state index in [-0.39, 0.29) is 0 Å². The van der Waals surface area contributed by atoms with Gasteiger partial charge < -0.3 is 0 Å². The lowest BCUT2D eigenvalue weighted by Crippen LogP contribution is -2.56. The lowest BCUT2D eigenvalue weighted by atomic mass is 9.43. The van der Waals surface area contributed by atoms with Crippen molar-refractivity contribution in [1.29, 1.82) is 0 Å². The van der Waals surface area contributed by atoms with E-state index in [4.69, 9.17) is 0 Å². The summed E-state index contributed by atoms with van der Waals surface area (Å²) in [5.74, 6) is 16.8. The molecule has 0 saturated heterocycles. The standard InChI is InChI=1S/C59H76/c1-59(2,3)41-27-28-42-48(34-41)44-22-14-23-45-54(44)50(42)35-51-49(30-37-17-9-5-10-18-37)57-46-24-13-21-43-47-32-39(29-36-15-7-4-8-16-36)25-26-40(47)33-53(55(43)46)58(57)52(56(45)51)31-38-19-11-6-12-20-38/h5-7,9-12,15-20,32,34,40,42-58H,4,8,13-14,21-31,33,35H2,1-3H3. The summed E-state index contributed by atoms with van der Waals surface area (Å²) in [6, 6.07) is 24.2. The van der Waals surface area contributed by atoms with Gasteiger partial charge in [-0.2, -0.15) is 0 Å². The van der Waals surface area contributed by atoms with Crippen LogP contribution in [0.15, 0.2) is 108 Å². The fourth-order valence-electron chi connectivity index (χ4n) is 19.3. The number of fused-ring (bicyclic) bond motifs is 10. The first kappa shape index (κ1) is 38.1. The van der Waals surface area contributed by atoms with Gasteiger partial charge in [0.25, 0.3) is 0 Å². The van der Waals surface area contributed by atoms with Gasteiger partial charge in [0.05, 0.1) is 0 Å². The van der Waals surface area contributed by atoms with Crippen molar-refractivity contribution in [2.75, 3.05) is 0 Å². The second-order valence-corrected chi connectivity index (χ2v) is 23.9.